The van der Waals surface area contributed by atoms with Crippen molar-refractivity contribution in [3.63, 3.8) is 0 Å². The highest BCUT2D eigenvalue weighted by atomic mass is 16.6. The molecule has 0 aromatic rings. The monoisotopic (exact) mass is 215 g/mol. The van der Waals surface area contributed by atoms with Crippen LogP contribution >= 0.6 is 0 Å². The van der Waals surface area contributed by atoms with Crippen molar-refractivity contribution in [3.05, 3.63) is 0 Å². The number of nitrogens with one attached hydrogen (secondary N) is 1. The first-order chi connectivity index (χ1) is 6.76. The summed E-state index contributed by atoms with van der Waals surface area (Å²) in [5.41, 5.74) is -0.513. The molecule has 0 heterocycles. The van der Waals surface area contributed by atoms with Crippen LogP contribution in [0.4, 0.5) is 0 Å². The molecular formula is C11H21NO3. The van der Waals surface area contributed by atoms with Crippen molar-refractivity contribution in [2.24, 2.45) is 0 Å². The third-order valence-electron chi connectivity index (χ3n) is 1.61. The van der Waals surface area contributed by atoms with Gasteiger partial charge in [0.1, 0.15) is 11.6 Å². The Morgan fingerprint density at radius 1 is 1.33 bits per heavy atom. The number of hydrogen-bond donors (Lipinski definition) is 1. The second-order valence-corrected chi connectivity index (χ2v) is 4.57. The van der Waals surface area contributed by atoms with Crippen LogP contribution in [0.2, 0.25) is 0 Å². The summed E-state index contributed by atoms with van der Waals surface area (Å²) >= 11 is 0. The Balaban J connectivity index is 4.05. The van der Waals surface area contributed by atoms with Crippen LogP contribution in [-0.4, -0.2) is 23.5 Å². The van der Waals surface area contributed by atoms with Gasteiger partial charge in [-0.1, -0.05) is 6.92 Å². The largest absolute Gasteiger partial charge is 0.458 e. The Bertz CT molecular complexity index is 230. The predicted molar refractivity (Wildman–Crippen MR) is 58.4 cm³/mol. The number of amides is 1. The van der Waals surface area contributed by atoms with Crippen molar-refractivity contribution >= 4 is 11.9 Å². The molecule has 0 rings (SSSR count). The SMILES string of the molecule is CCCC(=O)NC(C)C(=O)OC(C)(C)C. The van der Waals surface area contributed by atoms with E-state index in [9.17, 15) is 9.59 Å². The molecule has 1 unspecified atom stereocenters. The molecule has 0 saturated heterocycles. The topological polar surface area (TPSA) is 55.4 Å². The number of esters is 1. The highest BCUT2D eigenvalue weighted by Gasteiger charge is 2.22. The van der Waals surface area contributed by atoms with Gasteiger partial charge in [0.25, 0.3) is 0 Å². The van der Waals surface area contributed by atoms with Crippen molar-refractivity contribution in [2.75, 3.05) is 0 Å². The fourth-order valence-corrected chi connectivity index (χ4v) is 0.990. The Morgan fingerprint density at radius 3 is 2.27 bits per heavy atom. The van der Waals surface area contributed by atoms with Gasteiger partial charge in [-0.3, -0.25) is 4.79 Å². The van der Waals surface area contributed by atoms with Gasteiger partial charge in [0.05, 0.1) is 0 Å². The van der Waals surface area contributed by atoms with Crippen LogP contribution in [0.1, 0.15) is 47.5 Å². The molecule has 1 amide bonds. The summed E-state index contributed by atoms with van der Waals surface area (Å²) in [7, 11) is 0. The first-order valence-electron chi connectivity index (χ1n) is 5.28. The number of rotatable bonds is 4. The summed E-state index contributed by atoms with van der Waals surface area (Å²) in [5, 5.41) is 2.59. The zero-order chi connectivity index (χ0) is 12.1. The summed E-state index contributed by atoms with van der Waals surface area (Å²) in [6.07, 6.45) is 1.21. The number of hydrogen-bond acceptors (Lipinski definition) is 3. The average molecular weight is 215 g/mol. The predicted octanol–water partition coefficient (Wildman–Crippen LogP) is 1.63. The average Bonchev–Trinajstić information content (AvgIpc) is 2.00. The molecule has 0 aliphatic carbocycles. The van der Waals surface area contributed by atoms with E-state index in [1.807, 2.05) is 6.92 Å². The van der Waals surface area contributed by atoms with E-state index >= 15 is 0 Å². The molecule has 4 heteroatoms. The molecule has 0 aromatic heterocycles. The molecule has 88 valence electrons. The molecule has 0 saturated carbocycles. The maximum atomic E-state index is 11.5. The lowest BCUT2D eigenvalue weighted by molar-refractivity contribution is -0.158. The van der Waals surface area contributed by atoms with Crippen LogP contribution in [0, 0.1) is 0 Å². The summed E-state index contributed by atoms with van der Waals surface area (Å²) in [4.78, 5) is 22.7. The maximum Gasteiger partial charge on any atom is 0.328 e. The molecule has 4 nitrogen and oxygen atoms in total. The first-order valence-corrected chi connectivity index (χ1v) is 5.28. The smallest absolute Gasteiger partial charge is 0.328 e. The van der Waals surface area contributed by atoms with Crippen LogP contribution in [0.25, 0.3) is 0 Å². The number of carbonyl (C=O) groups is 2. The van der Waals surface area contributed by atoms with Crippen molar-refractivity contribution in [2.45, 2.75) is 59.1 Å². The third-order valence-corrected chi connectivity index (χ3v) is 1.61. The Labute approximate surface area is 91.4 Å². The lowest BCUT2D eigenvalue weighted by atomic mass is 10.2. The zero-order valence-corrected chi connectivity index (χ0v) is 10.2. The van der Waals surface area contributed by atoms with Gasteiger partial charge in [0.2, 0.25) is 5.91 Å². The molecule has 1 N–H and O–H groups in total. The normalized spacial score (nSPS) is 13.1. The van der Waals surface area contributed by atoms with Gasteiger partial charge in [-0.25, -0.2) is 4.79 Å². The Morgan fingerprint density at radius 2 is 1.87 bits per heavy atom. The van der Waals surface area contributed by atoms with Gasteiger partial charge < -0.3 is 10.1 Å². The summed E-state index contributed by atoms with van der Waals surface area (Å²) in [6.45, 7) is 8.93. The molecule has 0 aliphatic rings. The van der Waals surface area contributed by atoms with Crippen molar-refractivity contribution in [1.29, 1.82) is 0 Å². The minimum Gasteiger partial charge on any atom is -0.458 e. The van der Waals surface area contributed by atoms with Crippen LogP contribution in [0.15, 0.2) is 0 Å². The molecule has 0 fully saturated rings. The van der Waals surface area contributed by atoms with E-state index in [4.69, 9.17) is 4.74 Å². The second kappa shape index (κ2) is 5.73. The maximum absolute atomic E-state index is 11.5. The molecule has 0 aromatic carbocycles. The Hall–Kier alpha value is -1.06. The van der Waals surface area contributed by atoms with Crippen molar-refractivity contribution in [3.8, 4) is 0 Å². The van der Waals surface area contributed by atoms with Crippen molar-refractivity contribution < 1.29 is 14.3 Å². The Kier molecular flexibility index (Phi) is 5.33. The minimum absolute atomic E-state index is 0.115. The fraction of sp³-hybridized carbons (Fsp3) is 0.818. The standard InChI is InChI=1S/C11H21NO3/c1-6-7-9(13)12-8(2)10(14)15-11(3,4)5/h8H,6-7H2,1-5H3,(H,12,13). The molecule has 1 atom stereocenters. The second-order valence-electron chi connectivity index (χ2n) is 4.57. The van der Waals surface area contributed by atoms with Gasteiger partial charge in [0, 0.05) is 6.42 Å². The van der Waals surface area contributed by atoms with Gasteiger partial charge in [-0.15, -0.1) is 0 Å². The highest BCUT2D eigenvalue weighted by Crippen LogP contribution is 2.08. The van der Waals surface area contributed by atoms with Crippen LogP contribution in [0.3, 0.4) is 0 Å². The van der Waals surface area contributed by atoms with Gasteiger partial charge in [-0.05, 0) is 34.1 Å². The quantitative estimate of drug-likeness (QED) is 0.725. The molecule has 0 aliphatic heterocycles. The van der Waals surface area contributed by atoms with E-state index in [1.54, 1.807) is 27.7 Å². The summed E-state index contributed by atoms with van der Waals surface area (Å²) in [6, 6.07) is -0.580. The van der Waals surface area contributed by atoms with Crippen molar-refractivity contribution in [1.82, 2.24) is 5.32 Å². The van der Waals surface area contributed by atoms with Gasteiger partial charge in [-0.2, -0.15) is 0 Å². The third kappa shape index (κ3) is 6.94. The van der Waals surface area contributed by atoms with E-state index in [0.29, 0.717) is 6.42 Å². The van der Waals surface area contributed by atoms with Gasteiger partial charge >= 0.3 is 5.97 Å². The zero-order valence-electron chi connectivity index (χ0n) is 10.2. The first kappa shape index (κ1) is 13.9. The van der Waals surface area contributed by atoms with E-state index in [1.165, 1.54) is 0 Å². The minimum atomic E-state index is -0.580. The molecular weight excluding hydrogens is 194 g/mol. The van der Waals surface area contributed by atoms with Crippen LogP contribution < -0.4 is 5.32 Å². The molecule has 15 heavy (non-hydrogen) atoms. The van der Waals surface area contributed by atoms with E-state index < -0.39 is 17.6 Å². The summed E-state index contributed by atoms with van der Waals surface area (Å²) in [5.74, 6) is -0.511. The van der Waals surface area contributed by atoms with Crippen LogP contribution in [-0.2, 0) is 14.3 Å². The van der Waals surface area contributed by atoms with E-state index in [2.05, 4.69) is 5.32 Å². The number of ether oxygens (including phenoxy) is 1. The van der Waals surface area contributed by atoms with E-state index in [0.717, 1.165) is 6.42 Å². The van der Waals surface area contributed by atoms with Crippen LogP contribution in [0.5, 0.6) is 0 Å². The molecule has 0 radical (unpaired) electrons. The highest BCUT2D eigenvalue weighted by molar-refractivity contribution is 5.84. The van der Waals surface area contributed by atoms with Gasteiger partial charge in [0.15, 0.2) is 0 Å². The molecule has 0 bridgehead atoms. The fourth-order valence-electron chi connectivity index (χ4n) is 0.990. The molecule has 0 spiro atoms. The van der Waals surface area contributed by atoms with E-state index in [-0.39, 0.29) is 5.91 Å². The lowest BCUT2D eigenvalue weighted by Gasteiger charge is -2.22. The lowest BCUT2D eigenvalue weighted by Crippen LogP contribution is -2.42. The number of carbonyl (C=O) groups excluding carboxylic acids is 2. The summed E-state index contributed by atoms with van der Waals surface area (Å²) < 4.78 is 5.12.